The quantitative estimate of drug-likeness (QED) is 0.113. The summed E-state index contributed by atoms with van der Waals surface area (Å²) < 4.78 is 0. The van der Waals surface area contributed by atoms with Gasteiger partial charge in [0.1, 0.15) is 0 Å². The molecule has 0 amide bonds. The third kappa shape index (κ3) is 6.25. The molecule has 54 heavy (non-hydrogen) atoms. The van der Waals surface area contributed by atoms with Crippen molar-refractivity contribution in [2.45, 2.75) is 19.8 Å². The van der Waals surface area contributed by atoms with E-state index in [9.17, 15) is 0 Å². The molecule has 0 aromatic heterocycles. The molecule has 258 valence electrons. The molecule has 0 saturated heterocycles. The summed E-state index contributed by atoms with van der Waals surface area (Å²) in [5.41, 5.74) is 14.8. The van der Waals surface area contributed by atoms with Crippen molar-refractivity contribution >= 4 is 38.6 Å². The van der Waals surface area contributed by atoms with E-state index in [0.29, 0.717) is 0 Å². The highest BCUT2D eigenvalue weighted by molar-refractivity contribution is 6.21. The molecule has 9 rings (SSSR count). The van der Waals surface area contributed by atoms with Gasteiger partial charge in [-0.3, -0.25) is 0 Å². The van der Waals surface area contributed by atoms with E-state index in [1.54, 1.807) is 0 Å². The van der Waals surface area contributed by atoms with E-state index in [2.05, 4.69) is 225 Å². The molecule has 1 nitrogen and oxygen atoms in total. The fraction of sp³-hybridized carbons (Fsp3) is 0.0566. The predicted octanol–water partition coefficient (Wildman–Crippen LogP) is 14.6. The fourth-order valence-electron chi connectivity index (χ4n) is 8.17. The van der Waals surface area contributed by atoms with E-state index in [1.165, 1.54) is 71.6 Å². The average molecular weight is 692 g/mol. The molecule has 0 heterocycles. The minimum Gasteiger partial charge on any atom is -0.311 e. The lowest BCUT2D eigenvalue weighted by atomic mass is 9.82. The van der Waals surface area contributed by atoms with E-state index in [0.717, 1.165) is 17.1 Å². The van der Waals surface area contributed by atoms with E-state index in [-0.39, 0.29) is 5.92 Å². The van der Waals surface area contributed by atoms with Gasteiger partial charge in [0.05, 0.1) is 0 Å². The molecule has 0 radical (unpaired) electrons. The van der Waals surface area contributed by atoms with E-state index < -0.39 is 0 Å². The third-order valence-electron chi connectivity index (χ3n) is 10.7. The normalized spacial score (nSPS) is 11.3. The first kappa shape index (κ1) is 33.2. The Balaban J connectivity index is 1.19. The zero-order chi connectivity index (χ0) is 36.4. The second-order valence-corrected chi connectivity index (χ2v) is 14.3. The maximum Gasteiger partial charge on any atom is 0.0462 e. The molecule has 9 aromatic carbocycles. The SMILES string of the molecule is Cc1ccc2c(-c3ccc(N(c4ccccc4)c4ccccc4)cc3)c3cc(C)ccc3c(-c3ccc(C(c4ccccc4)c4ccccc4)cc3)c2c1. The molecule has 0 atom stereocenters. The van der Waals surface area contributed by atoms with Gasteiger partial charge in [0, 0.05) is 23.0 Å². The summed E-state index contributed by atoms with van der Waals surface area (Å²) in [6, 6.07) is 75.3. The van der Waals surface area contributed by atoms with Crippen molar-refractivity contribution in [2.75, 3.05) is 4.90 Å². The van der Waals surface area contributed by atoms with Gasteiger partial charge >= 0.3 is 0 Å². The monoisotopic (exact) mass is 691 g/mol. The first-order valence-corrected chi connectivity index (χ1v) is 18.8. The lowest BCUT2D eigenvalue weighted by Gasteiger charge is -2.26. The minimum absolute atomic E-state index is 0.157. The van der Waals surface area contributed by atoms with Crippen LogP contribution in [-0.4, -0.2) is 0 Å². The number of anilines is 3. The van der Waals surface area contributed by atoms with Crippen LogP contribution in [0, 0.1) is 13.8 Å². The Morgan fingerprint density at radius 3 is 1.09 bits per heavy atom. The van der Waals surface area contributed by atoms with Crippen LogP contribution in [0.5, 0.6) is 0 Å². The summed E-state index contributed by atoms with van der Waals surface area (Å²) in [6.07, 6.45) is 0. The van der Waals surface area contributed by atoms with E-state index >= 15 is 0 Å². The summed E-state index contributed by atoms with van der Waals surface area (Å²) in [4.78, 5) is 2.32. The lowest BCUT2D eigenvalue weighted by molar-refractivity contribution is 0.978. The van der Waals surface area contributed by atoms with Crippen LogP contribution in [0.2, 0.25) is 0 Å². The molecular weight excluding hydrogens is 651 g/mol. The first-order chi connectivity index (χ1) is 26.6. The Morgan fingerprint density at radius 2 is 0.667 bits per heavy atom. The second-order valence-electron chi connectivity index (χ2n) is 14.3. The maximum absolute atomic E-state index is 2.37. The number of aryl methyl sites for hydroxylation is 2. The summed E-state index contributed by atoms with van der Waals surface area (Å²) in [6.45, 7) is 4.40. The number of benzene rings is 9. The van der Waals surface area contributed by atoms with Gasteiger partial charge in [-0.2, -0.15) is 0 Å². The van der Waals surface area contributed by atoms with Gasteiger partial charge in [-0.1, -0.05) is 181 Å². The van der Waals surface area contributed by atoms with Crippen molar-refractivity contribution in [3.05, 3.63) is 234 Å². The minimum atomic E-state index is 0.157. The van der Waals surface area contributed by atoms with Crippen LogP contribution in [0.1, 0.15) is 33.7 Å². The largest absolute Gasteiger partial charge is 0.311 e. The third-order valence-corrected chi connectivity index (χ3v) is 10.7. The zero-order valence-corrected chi connectivity index (χ0v) is 30.7. The Bertz CT molecular complexity index is 2410. The van der Waals surface area contributed by atoms with Crippen LogP contribution in [-0.2, 0) is 0 Å². The Morgan fingerprint density at radius 1 is 0.315 bits per heavy atom. The number of fused-ring (bicyclic) bond motifs is 2. The molecular formula is C53H41N. The zero-order valence-electron chi connectivity index (χ0n) is 30.7. The topological polar surface area (TPSA) is 3.24 Å². The van der Waals surface area contributed by atoms with Gasteiger partial charge in [0.2, 0.25) is 0 Å². The molecule has 0 aliphatic carbocycles. The number of para-hydroxylation sites is 2. The van der Waals surface area contributed by atoms with Crippen LogP contribution in [0.4, 0.5) is 17.1 Å². The van der Waals surface area contributed by atoms with Gasteiger partial charge < -0.3 is 4.90 Å². The van der Waals surface area contributed by atoms with Crippen molar-refractivity contribution in [3.63, 3.8) is 0 Å². The van der Waals surface area contributed by atoms with E-state index in [4.69, 9.17) is 0 Å². The van der Waals surface area contributed by atoms with Crippen LogP contribution >= 0.6 is 0 Å². The van der Waals surface area contributed by atoms with E-state index in [1.807, 2.05) is 0 Å². The molecule has 0 aliphatic heterocycles. The van der Waals surface area contributed by atoms with Crippen LogP contribution in [0.15, 0.2) is 206 Å². The molecule has 0 saturated carbocycles. The molecule has 1 heteroatoms. The number of hydrogen-bond donors (Lipinski definition) is 0. The van der Waals surface area contributed by atoms with Crippen molar-refractivity contribution in [2.24, 2.45) is 0 Å². The number of nitrogens with zero attached hydrogens (tertiary/aromatic N) is 1. The second kappa shape index (κ2) is 14.4. The summed E-state index contributed by atoms with van der Waals surface area (Å²) in [5.74, 6) is 0.157. The van der Waals surface area contributed by atoms with Crippen LogP contribution < -0.4 is 4.90 Å². The summed E-state index contributed by atoms with van der Waals surface area (Å²) in [7, 11) is 0. The molecule has 0 N–H and O–H groups in total. The first-order valence-electron chi connectivity index (χ1n) is 18.8. The van der Waals surface area contributed by atoms with Gasteiger partial charge in [-0.15, -0.1) is 0 Å². The maximum atomic E-state index is 2.37. The number of hydrogen-bond acceptors (Lipinski definition) is 1. The molecule has 0 aliphatic rings. The standard InChI is InChI=1S/C53H41N/c1-37-24-34-48-49(35-37)52(42-27-25-41(26-28-42)51(39-15-7-3-8-16-39)40-17-9-4-10-18-40)47-33-23-38(2)36-50(47)53(48)43-29-31-46(32-30-43)54(44-19-11-5-12-20-44)45-21-13-6-14-22-45/h3-36,51H,1-2H3. The van der Waals surface area contributed by atoms with Gasteiger partial charge in [0.15, 0.2) is 0 Å². The summed E-state index contributed by atoms with van der Waals surface area (Å²) >= 11 is 0. The van der Waals surface area contributed by atoms with Gasteiger partial charge in [-0.05, 0) is 111 Å². The highest BCUT2D eigenvalue weighted by atomic mass is 15.1. The lowest BCUT2D eigenvalue weighted by Crippen LogP contribution is -2.09. The molecule has 0 unspecified atom stereocenters. The average Bonchev–Trinajstić information content (AvgIpc) is 3.22. The smallest absolute Gasteiger partial charge is 0.0462 e. The van der Waals surface area contributed by atoms with Gasteiger partial charge in [-0.25, -0.2) is 0 Å². The van der Waals surface area contributed by atoms with Crippen molar-refractivity contribution < 1.29 is 0 Å². The fourth-order valence-corrected chi connectivity index (χ4v) is 8.17. The van der Waals surface area contributed by atoms with Crippen molar-refractivity contribution in [1.29, 1.82) is 0 Å². The number of rotatable bonds is 8. The highest BCUT2D eigenvalue weighted by Gasteiger charge is 2.20. The molecule has 0 spiro atoms. The summed E-state index contributed by atoms with van der Waals surface area (Å²) in [5, 5.41) is 5.08. The molecule has 0 bridgehead atoms. The van der Waals surface area contributed by atoms with Gasteiger partial charge in [0.25, 0.3) is 0 Å². The highest BCUT2D eigenvalue weighted by Crippen LogP contribution is 2.46. The molecule has 0 fully saturated rings. The van der Waals surface area contributed by atoms with Crippen molar-refractivity contribution in [1.82, 2.24) is 0 Å². The molecule has 9 aromatic rings. The van der Waals surface area contributed by atoms with Crippen molar-refractivity contribution in [3.8, 4) is 22.3 Å². The van der Waals surface area contributed by atoms with Crippen LogP contribution in [0.25, 0.3) is 43.8 Å². The Kier molecular flexibility index (Phi) is 8.83. The Labute approximate surface area is 318 Å². The predicted molar refractivity (Wildman–Crippen MR) is 230 cm³/mol. The van der Waals surface area contributed by atoms with Crippen LogP contribution in [0.3, 0.4) is 0 Å². The Hall–Kier alpha value is -6.70.